The number of hydrogen-bond donors (Lipinski definition) is 1. The van der Waals surface area contributed by atoms with E-state index in [-0.39, 0.29) is 0 Å². The lowest BCUT2D eigenvalue weighted by atomic mass is 10.0. The zero-order valence-electron chi connectivity index (χ0n) is 10.5. The molecule has 0 unspecified atom stereocenters. The van der Waals surface area contributed by atoms with Crippen molar-refractivity contribution in [3.05, 3.63) is 39.6 Å². The second-order valence-electron chi connectivity index (χ2n) is 4.72. The van der Waals surface area contributed by atoms with Crippen LogP contribution in [-0.2, 0) is 6.42 Å². The molecule has 4 heteroatoms. The van der Waals surface area contributed by atoms with Gasteiger partial charge in [-0.15, -0.1) is 0 Å². The third kappa shape index (κ3) is 3.19. The van der Waals surface area contributed by atoms with Crippen LogP contribution in [0, 0.1) is 9.49 Å². The molecule has 18 heavy (non-hydrogen) atoms. The Kier molecular flexibility index (Phi) is 4.16. The molecule has 1 heterocycles. The molecule has 2 rings (SSSR count). The number of aromatic nitrogens is 2. The molecule has 0 fully saturated rings. The monoisotopic (exact) mass is 353 g/mol. The van der Waals surface area contributed by atoms with Crippen LogP contribution in [0.15, 0.2) is 30.5 Å². The van der Waals surface area contributed by atoms with Gasteiger partial charge in [-0.05, 0) is 40.5 Å². The van der Waals surface area contributed by atoms with E-state index in [1.807, 2.05) is 0 Å². The quantitative estimate of drug-likeness (QED) is 0.859. The van der Waals surface area contributed by atoms with E-state index in [0.29, 0.717) is 17.6 Å². The standard InChI is InChI=1S/C14H16IN3/c1-9(2)7-10-3-5-11(6-4-10)14-17-8-12(15)13(16)18-14/h3-6,8-9H,7H2,1-2H3,(H2,16,17,18). The molecule has 0 aliphatic carbocycles. The van der Waals surface area contributed by atoms with Crippen molar-refractivity contribution in [2.75, 3.05) is 5.73 Å². The van der Waals surface area contributed by atoms with Gasteiger partial charge in [0.15, 0.2) is 5.82 Å². The molecule has 0 spiro atoms. The largest absolute Gasteiger partial charge is 0.383 e. The van der Waals surface area contributed by atoms with Gasteiger partial charge in [0.2, 0.25) is 0 Å². The van der Waals surface area contributed by atoms with Crippen molar-refractivity contribution < 1.29 is 0 Å². The van der Waals surface area contributed by atoms with Gasteiger partial charge < -0.3 is 5.73 Å². The minimum absolute atomic E-state index is 0.534. The number of hydrogen-bond acceptors (Lipinski definition) is 3. The molecule has 0 atom stereocenters. The fourth-order valence-corrected chi connectivity index (χ4v) is 2.04. The maximum Gasteiger partial charge on any atom is 0.161 e. The first-order valence-corrected chi connectivity index (χ1v) is 7.01. The summed E-state index contributed by atoms with van der Waals surface area (Å²) < 4.78 is 0.882. The maximum atomic E-state index is 5.80. The smallest absolute Gasteiger partial charge is 0.161 e. The first-order valence-electron chi connectivity index (χ1n) is 5.93. The summed E-state index contributed by atoms with van der Waals surface area (Å²) in [5, 5.41) is 0. The van der Waals surface area contributed by atoms with E-state index in [1.54, 1.807) is 6.20 Å². The van der Waals surface area contributed by atoms with Gasteiger partial charge in [0.05, 0.1) is 3.57 Å². The molecule has 3 nitrogen and oxygen atoms in total. The SMILES string of the molecule is CC(C)Cc1ccc(-c2ncc(I)c(N)n2)cc1. The molecule has 0 aliphatic heterocycles. The molecule has 2 N–H and O–H groups in total. The molecular formula is C14H16IN3. The van der Waals surface area contributed by atoms with E-state index in [9.17, 15) is 0 Å². The summed E-state index contributed by atoms with van der Waals surface area (Å²) in [6, 6.07) is 8.37. The third-order valence-electron chi connectivity index (χ3n) is 2.63. The molecule has 1 aromatic heterocycles. The van der Waals surface area contributed by atoms with E-state index in [2.05, 4.69) is 70.7 Å². The number of nitrogens with zero attached hydrogens (tertiary/aromatic N) is 2. The molecule has 0 saturated carbocycles. The van der Waals surface area contributed by atoms with E-state index >= 15 is 0 Å². The lowest BCUT2D eigenvalue weighted by molar-refractivity contribution is 0.647. The van der Waals surface area contributed by atoms with E-state index < -0.39 is 0 Å². The maximum absolute atomic E-state index is 5.80. The molecule has 2 aromatic rings. The summed E-state index contributed by atoms with van der Waals surface area (Å²) in [6.07, 6.45) is 2.84. The molecule has 0 amide bonds. The van der Waals surface area contributed by atoms with Gasteiger partial charge in [-0.25, -0.2) is 9.97 Å². The van der Waals surface area contributed by atoms with Crippen LogP contribution in [0.3, 0.4) is 0 Å². The van der Waals surface area contributed by atoms with Gasteiger partial charge in [-0.2, -0.15) is 0 Å². The van der Waals surface area contributed by atoms with Crippen LogP contribution >= 0.6 is 22.6 Å². The highest BCUT2D eigenvalue weighted by Gasteiger charge is 2.05. The van der Waals surface area contributed by atoms with Gasteiger partial charge in [0, 0.05) is 11.8 Å². The Balaban J connectivity index is 2.25. The van der Waals surface area contributed by atoms with Crippen LogP contribution in [0.1, 0.15) is 19.4 Å². The van der Waals surface area contributed by atoms with Crippen molar-refractivity contribution >= 4 is 28.4 Å². The minimum Gasteiger partial charge on any atom is -0.383 e. The summed E-state index contributed by atoms with van der Waals surface area (Å²) in [5.74, 6) is 1.89. The van der Waals surface area contributed by atoms with Gasteiger partial charge in [0.25, 0.3) is 0 Å². The predicted octanol–water partition coefficient (Wildman–Crippen LogP) is 3.53. The van der Waals surface area contributed by atoms with Gasteiger partial charge in [-0.1, -0.05) is 38.1 Å². The van der Waals surface area contributed by atoms with Crippen LogP contribution in [0.2, 0.25) is 0 Å². The Labute approximate surface area is 121 Å². The zero-order valence-corrected chi connectivity index (χ0v) is 12.7. The van der Waals surface area contributed by atoms with E-state index in [1.165, 1.54) is 5.56 Å². The topological polar surface area (TPSA) is 51.8 Å². The van der Waals surface area contributed by atoms with E-state index in [4.69, 9.17) is 5.73 Å². The zero-order chi connectivity index (χ0) is 13.1. The predicted molar refractivity (Wildman–Crippen MR) is 83.1 cm³/mol. The molecular weight excluding hydrogens is 337 g/mol. The summed E-state index contributed by atoms with van der Waals surface area (Å²) in [5.41, 5.74) is 8.14. The summed E-state index contributed by atoms with van der Waals surface area (Å²) in [6.45, 7) is 4.44. The van der Waals surface area contributed by atoms with E-state index in [0.717, 1.165) is 15.6 Å². The molecule has 94 valence electrons. The van der Waals surface area contributed by atoms with Crippen LogP contribution in [0.4, 0.5) is 5.82 Å². The molecule has 0 bridgehead atoms. The number of rotatable bonds is 3. The molecule has 0 aliphatic rings. The highest BCUT2D eigenvalue weighted by molar-refractivity contribution is 14.1. The Morgan fingerprint density at radius 2 is 1.89 bits per heavy atom. The van der Waals surface area contributed by atoms with Crippen molar-refractivity contribution in [3.63, 3.8) is 0 Å². The Bertz CT molecular complexity index is 535. The second-order valence-corrected chi connectivity index (χ2v) is 5.88. The third-order valence-corrected chi connectivity index (χ3v) is 3.46. The minimum atomic E-state index is 0.534. The van der Waals surface area contributed by atoms with Gasteiger partial charge in [-0.3, -0.25) is 0 Å². The molecule has 1 aromatic carbocycles. The lowest BCUT2D eigenvalue weighted by Gasteiger charge is -2.06. The van der Waals surface area contributed by atoms with Crippen molar-refractivity contribution in [2.45, 2.75) is 20.3 Å². The number of nitrogen functional groups attached to an aromatic ring is 1. The summed E-state index contributed by atoms with van der Waals surface area (Å²) in [7, 11) is 0. The second kappa shape index (κ2) is 5.65. The van der Waals surface area contributed by atoms with Crippen molar-refractivity contribution in [1.29, 1.82) is 0 Å². The normalized spacial score (nSPS) is 10.9. The molecule has 0 radical (unpaired) electrons. The highest BCUT2D eigenvalue weighted by Crippen LogP contribution is 2.20. The summed E-state index contributed by atoms with van der Waals surface area (Å²) >= 11 is 2.13. The first-order chi connectivity index (χ1) is 8.56. The van der Waals surface area contributed by atoms with Crippen LogP contribution in [0.25, 0.3) is 11.4 Å². The average Bonchev–Trinajstić information content (AvgIpc) is 2.33. The lowest BCUT2D eigenvalue weighted by Crippen LogP contribution is -1.98. The van der Waals surface area contributed by atoms with Crippen LogP contribution < -0.4 is 5.73 Å². The van der Waals surface area contributed by atoms with Crippen LogP contribution in [-0.4, -0.2) is 9.97 Å². The average molecular weight is 353 g/mol. The number of anilines is 1. The number of benzene rings is 1. The van der Waals surface area contributed by atoms with Gasteiger partial charge >= 0.3 is 0 Å². The Morgan fingerprint density at radius 3 is 2.44 bits per heavy atom. The Hall–Kier alpha value is -1.17. The molecule has 0 saturated heterocycles. The number of halogens is 1. The van der Waals surface area contributed by atoms with Crippen molar-refractivity contribution in [1.82, 2.24) is 9.97 Å². The number of nitrogens with two attached hydrogens (primary N) is 1. The first kappa shape index (κ1) is 13.3. The Morgan fingerprint density at radius 1 is 1.22 bits per heavy atom. The summed E-state index contributed by atoms with van der Waals surface area (Å²) in [4.78, 5) is 8.59. The fraction of sp³-hybridized carbons (Fsp3) is 0.286. The highest BCUT2D eigenvalue weighted by atomic mass is 127. The van der Waals surface area contributed by atoms with Gasteiger partial charge in [0.1, 0.15) is 5.82 Å². The van der Waals surface area contributed by atoms with Crippen molar-refractivity contribution in [3.8, 4) is 11.4 Å². The fourth-order valence-electron chi connectivity index (χ4n) is 1.78. The van der Waals surface area contributed by atoms with Crippen LogP contribution in [0.5, 0.6) is 0 Å². The van der Waals surface area contributed by atoms with Crippen molar-refractivity contribution in [2.24, 2.45) is 5.92 Å².